The quantitative estimate of drug-likeness (QED) is 0.198. The lowest BCUT2D eigenvalue weighted by atomic mass is 10.1. The number of anilines is 1. The Hall–Kier alpha value is -1.95. The number of aryl methyl sites for hydroxylation is 1. The van der Waals surface area contributed by atoms with Crippen molar-refractivity contribution in [2.24, 2.45) is 0 Å². The summed E-state index contributed by atoms with van der Waals surface area (Å²) in [4.78, 5) is 1.29. The van der Waals surface area contributed by atoms with Gasteiger partial charge in [0.25, 0.3) is 0 Å². The number of hydrogen-bond donors (Lipinski definition) is 2. The predicted molar refractivity (Wildman–Crippen MR) is 139 cm³/mol. The first-order chi connectivity index (χ1) is 14.7. The molecular weight excluding hydrogens is 424 g/mol. The van der Waals surface area contributed by atoms with Gasteiger partial charge in [-0.2, -0.15) is 11.8 Å². The highest BCUT2D eigenvalue weighted by atomic mass is 32.2. The van der Waals surface area contributed by atoms with Crippen LogP contribution in [0, 0.1) is 6.92 Å². The van der Waals surface area contributed by atoms with E-state index in [4.69, 9.17) is 12.2 Å². The first-order valence-corrected chi connectivity index (χ1v) is 12.7. The van der Waals surface area contributed by atoms with Crippen LogP contribution >= 0.6 is 35.7 Å². The van der Waals surface area contributed by atoms with E-state index in [1.54, 1.807) is 0 Å². The number of hydrogen-bond acceptors (Lipinski definition) is 3. The van der Waals surface area contributed by atoms with Gasteiger partial charge in [0, 0.05) is 28.6 Å². The maximum Gasteiger partial charge on any atom is 0.170 e. The van der Waals surface area contributed by atoms with E-state index in [1.165, 1.54) is 21.6 Å². The Morgan fingerprint density at radius 1 is 0.867 bits per heavy atom. The van der Waals surface area contributed by atoms with E-state index in [-0.39, 0.29) is 0 Å². The molecule has 0 radical (unpaired) electrons. The molecule has 0 aliphatic carbocycles. The number of thiocarbonyl (C=S) groups is 1. The van der Waals surface area contributed by atoms with Crippen molar-refractivity contribution in [1.82, 2.24) is 5.32 Å². The topological polar surface area (TPSA) is 24.1 Å². The normalized spacial score (nSPS) is 10.6. The molecule has 0 unspecified atom stereocenters. The SMILES string of the molecule is Cc1ccccc1CSCCCNC(=S)Nc1ccc(CSc2ccccc2)cc1. The van der Waals surface area contributed by atoms with E-state index in [1.807, 2.05) is 29.6 Å². The van der Waals surface area contributed by atoms with Crippen molar-refractivity contribution in [3.8, 4) is 0 Å². The van der Waals surface area contributed by atoms with Gasteiger partial charge in [-0.3, -0.25) is 0 Å². The molecule has 0 aliphatic heterocycles. The molecule has 0 aliphatic rings. The second-order valence-corrected chi connectivity index (χ2v) is 9.57. The lowest BCUT2D eigenvalue weighted by Gasteiger charge is -2.11. The third-order valence-corrected chi connectivity index (χ3v) is 7.05. The molecule has 0 bridgehead atoms. The Morgan fingerprint density at radius 2 is 1.60 bits per heavy atom. The standard InChI is InChI=1S/C25H28N2S3/c1-20-8-5-6-9-22(20)19-29-17-7-16-26-25(28)27-23-14-12-21(13-15-23)18-30-24-10-3-2-4-11-24/h2-6,8-15H,7,16-19H2,1H3,(H2,26,27,28). The third kappa shape index (κ3) is 8.05. The fourth-order valence-electron chi connectivity index (χ4n) is 2.87. The van der Waals surface area contributed by atoms with Gasteiger partial charge in [-0.15, -0.1) is 11.8 Å². The molecular formula is C25H28N2S3. The Bertz CT molecular complexity index is 911. The Morgan fingerprint density at radius 3 is 2.37 bits per heavy atom. The first kappa shape index (κ1) is 22.7. The maximum atomic E-state index is 5.42. The average Bonchev–Trinajstić information content (AvgIpc) is 2.77. The van der Waals surface area contributed by atoms with Crippen LogP contribution in [-0.2, 0) is 11.5 Å². The lowest BCUT2D eigenvalue weighted by molar-refractivity contribution is 0.854. The summed E-state index contributed by atoms with van der Waals surface area (Å²) in [5, 5.41) is 7.26. The summed E-state index contributed by atoms with van der Waals surface area (Å²) in [7, 11) is 0. The zero-order chi connectivity index (χ0) is 21.0. The van der Waals surface area contributed by atoms with Crippen molar-refractivity contribution in [3.63, 3.8) is 0 Å². The Balaban J connectivity index is 1.29. The summed E-state index contributed by atoms with van der Waals surface area (Å²) in [5.41, 5.74) is 5.13. The summed E-state index contributed by atoms with van der Waals surface area (Å²) in [6, 6.07) is 27.6. The number of benzene rings is 3. The van der Waals surface area contributed by atoms with Gasteiger partial charge in [0.05, 0.1) is 0 Å². The summed E-state index contributed by atoms with van der Waals surface area (Å²) in [5.74, 6) is 3.16. The molecule has 0 amide bonds. The average molecular weight is 453 g/mol. The lowest BCUT2D eigenvalue weighted by Crippen LogP contribution is -2.29. The molecule has 0 saturated carbocycles. The molecule has 0 aromatic heterocycles. The maximum absolute atomic E-state index is 5.42. The van der Waals surface area contributed by atoms with Gasteiger partial charge in [0.2, 0.25) is 0 Å². The minimum Gasteiger partial charge on any atom is -0.362 e. The smallest absolute Gasteiger partial charge is 0.170 e. The molecule has 0 fully saturated rings. The summed E-state index contributed by atoms with van der Waals surface area (Å²) >= 11 is 9.25. The van der Waals surface area contributed by atoms with Crippen molar-refractivity contribution < 1.29 is 0 Å². The van der Waals surface area contributed by atoms with E-state index >= 15 is 0 Å². The monoisotopic (exact) mass is 452 g/mol. The Kier molecular flexibility index (Phi) is 9.61. The van der Waals surface area contributed by atoms with Crippen LogP contribution in [0.5, 0.6) is 0 Å². The third-order valence-electron chi connectivity index (χ3n) is 4.63. The van der Waals surface area contributed by atoms with Crippen molar-refractivity contribution in [2.45, 2.75) is 29.7 Å². The van der Waals surface area contributed by atoms with Gasteiger partial charge < -0.3 is 10.6 Å². The molecule has 3 rings (SSSR count). The van der Waals surface area contributed by atoms with Gasteiger partial charge in [0.1, 0.15) is 0 Å². The molecule has 156 valence electrons. The fourth-order valence-corrected chi connectivity index (χ4v) is 5.01. The molecule has 30 heavy (non-hydrogen) atoms. The summed E-state index contributed by atoms with van der Waals surface area (Å²) < 4.78 is 0. The van der Waals surface area contributed by atoms with Gasteiger partial charge in [-0.05, 0) is 72.3 Å². The van der Waals surface area contributed by atoms with Crippen LogP contribution in [0.4, 0.5) is 5.69 Å². The van der Waals surface area contributed by atoms with Crippen LogP contribution < -0.4 is 10.6 Å². The van der Waals surface area contributed by atoms with Crippen LogP contribution in [-0.4, -0.2) is 17.4 Å². The molecule has 5 heteroatoms. The highest BCUT2D eigenvalue weighted by Gasteiger charge is 2.01. The van der Waals surface area contributed by atoms with Crippen LogP contribution in [0.25, 0.3) is 0 Å². The first-order valence-electron chi connectivity index (χ1n) is 10.1. The van der Waals surface area contributed by atoms with Crippen LogP contribution in [0.3, 0.4) is 0 Å². The summed E-state index contributed by atoms with van der Waals surface area (Å²) in [6.07, 6.45) is 1.09. The van der Waals surface area contributed by atoms with E-state index in [0.717, 1.165) is 35.9 Å². The number of thioether (sulfide) groups is 2. The van der Waals surface area contributed by atoms with E-state index in [2.05, 4.69) is 90.4 Å². The van der Waals surface area contributed by atoms with Gasteiger partial charge in [-0.1, -0.05) is 54.6 Å². The van der Waals surface area contributed by atoms with Gasteiger partial charge in [0.15, 0.2) is 5.11 Å². The molecule has 0 atom stereocenters. The van der Waals surface area contributed by atoms with Gasteiger partial charge in [-0.25, -0.2) is 0 Å². The predicted octanol–water partition coefficient (Wildman–Crippen LogP) is 6.90. The Labute approximate surface area is 194 Å². The fraction of sp³-hybridized carbons (Fsp3) is 0.240. The van der Waals surface area contributed by atoms with Gasteiger partial charge >= 0.3 is 0 Å². The molecule has 2 N–H and O–H groups in total. The van der Waals surface area contributed by atoms with Crippen molar-refractivity contribution in [2.75, 3.05) is 17.6 Å². The van der Waals surface area contributed by atoms with Crippen molar-refractivity contribution in [3.05, 3.63) is 95.6 Å². The van der Waals surface area contributed by atoms with E-state index in [9.17, 15) is 0 Å². The minimum absolute atomic E-state index is 0.685. The van der Waals surface area contributed by atoms with Crippen molar-refractivity contribution >= 4 is 46.5 Å². The zero-order valence-corrected chi connectivity index (χ0v) is 19.7. The summed E-state index contributed by atoms with van der Waals surface area (Å²) in [6.45, 7) is 3.06. The van der Waals surface area contributed by atoms with Crippen LogP contribution in [0.1, 0.15) is 23.1 Å². The highest BCUT2D eigenvalue weighted by molar-refractivity contribution is 7.98. The number of nitrogens with one attached hydrogen (secondary N) is 2. The second kappa shape index (κ2) is 12.7. The van der Waals surface area contributed by atoms with Crippen molar-refractivity contribution in [1.29, 1.82) is 0 Å². The van der Waals surface area contributed by atoms with E-state index < -0.39 is 0 Å². The minimum atomic E-state index is 0.685. The second-order valence-electron chi connectivity index (χ2n) is 7.01. The molecule has 0 heterocycles. The van der Waals surface area contributed by atoms with E-state index in [0.29, 0.717) is 5.11 Å². The molecule has 2 nitrogen and oxygen atoms in total. The van der Waals surface area contributed by atoms with Crippen LogP contribution in [0.2, 0.25) is 0 Å². The van der Waals surface area contributed by atoms with Crippen LogP contribution in [0.15, 0.2) is 83.8 Å². The number of rotatable bonds is 10. The zero-order valence-electron chi connectivity index (χ0n) is 17.3. The molecule has 3 aromatic rings. The molecule has 0 spiro atoms. The highest BCUT2D eigenvalue weighted by Crippen LogP contribution is 2.23. The molecule has 0 saturated heterocycles. The molecule has 3 aromatic carbocycles. The largest absolute Gasteiger partial charge is 0.362 e.